The summed E-state index contributed by atoms with van der Waals surface area (Å²) in [6.45, 7) is 3.98. The molecule has 9 nitrogen and oxygen atoms in total. The van der Waals surface area contributed by atoms with E-state index >= 15 is 0 Å². The van der Waals surface area contributed by atoms with Gasteiger partial charge in [-0.25, -0.2) is 0 Å². The van der Waals surface area contributed by atoms with Gasteiger partial charge in [0.25, 0.3) is 0 Å². The zero-order valence-corrected chi connectivity index (χ0v) is 16.7. The van der Waals surface area contributed by atoms with Crippen LogP contribution < -0.4 is 9.47 Å². The van der Waals surface area contributed by atoms with E-state index in [9.17, 15) is 20.4 Å². The minimum absolute atomic E-state index is 0.268. The van der Waals surface area contributed by atoms with Crippen molar-refractivity contribution in [3.8, 4) is 11.6 Å². The van der Waals surface area contributed by atoms with E-state index in [2.05, 4.69) is 5.10 Å². The number of aromatic nitrogens is 2. The third kappa shape index (κ3) is 4.39. The highest BCUT2D eigenvalue weighted by atomic mass is 16.7. The first kappa shape index (κ1) is 21.5. The summed E-state index contributed by atoms with van der Waals surface area (Å²) >= 11 is 0. The fourth-order valence-electron chi connectivity index (χ4n) is 3.38. The lowest BCUT2D eigenvalue weighted by molar-refractivity contribution is -0.278. The monoisotopic (exact) mass is 408 g/mol. The summed E-state index contributed by atoms with van der Waals surface area (Å²) in [4.78, 5) is 0. The quantitative estimate of drug-likeness (QED) is 0.504. The molecule has 1 saturated heterocycles. The standard InChI is InChI=1S/C20H28N2O7/c1-4-22-11(2)14(9-12-5-7-13(27-3)8-6-12)19(21-22)29-20-18(26)17(25)16(24)15(10-23)28-20/h5-8,15-18,20,23-26H,4,9-10H2,1-3H3/t15-,16-,17+,18-,20+/m1/s1. The molecule has 1 aliphatic rings. The molecular formula is C20H28N2O7. The second kappa shape index (κ2) is 9.10. The molecule has 0 radical (unpaired) electrons. The smallest absolute Gasteiger partial charge is 0.239 e. The van der Waals surface area contributed by atoms with Crippen molar-refractivity contribution in [1.29, 1.82) is 0 Å². The van der Waals surface area contributed by atoms with Crippen molar-refractivity contribution in [2.75, 3.05) is 13.7 Å². The van der Waals surface area contributed by atoms with Gasteiger partial charge in [-0.1, -0.05) is 12.1 Å². The van der Waals surface area contributed by atoms with Crippen LogP contribution in [0.15, 0.2) is 24.3 Å². The minimum atomic E-state index is -1.51. The number of ether oxygens (including phenoxy) is 3. The lowest BCUT2D eigenvalue weighted by Crippen LogP contribution is -2.60. The summed E-state index contributed by atoms with van der Waals surface area (Å²) in [6.07, 6.45) is -6.23. The number of aliphatic hydroxyl groups is 4. The molecule has 9 heteroatoms. The van der Waals surface area contributed by atoms with Crippen LogP contribution in [-0.4, -0.2) is 74.6 Å². The van der Waals surface area contributed by atoms with Gasteiger partial charge in [0.05, 0.1) is 13.7 Å². The summed E-state index contributed by atoms with van der Waals surface area (Å²) in [5.41, 5.74) is 2.74. The van der Waals surface area contributed by atoms with Crippen LogP contribution in [-0.2, 0) is 17.7 Å². The molecule has 2 aromatic rings. The number of methoxy groups -OCH3 is 1. The molecule has 0 bridgehead atoms. The summed E-state index contributed by atoms with van der Waals surface area (Å²) in [7, 11) is 1.61. The van der Waals surface area contributed by atoms with Gasteiger partial charge in [0.15, 0.2) is 0 Å². The molecule has 5 atom stereocenters. The SMILES string of the molecule is CCn1nc(O[C@@H]2O[C@H](CO)[C@@H](O)[C@H](O)[C@H]2O)c(Cc2ccc(OC)cc2)c1C. The average molecular weight is 408 g/mol. The number of hydrogen-bond acceptors (Lipinski definition) is 8. The Morgan fingerprint density at radius 2 is 1.79 bits per heavy atom. The van der Waals surface area contributed by atoms with E-state index in [0.29, 0.717) is 13.0 Å². The Labute approximate surface area is 169 Å². The Balaban J connectivity index is 1.86. The number of aliphatic hydroxyl groups excluding tert-OH is 4. The van der Waals surface area contributed by atoms with Crippen LogP contribution in [0.1, 0.15) is 23.7 Å². The van der Waals surface area contributed by atoms with Crippen molar-refractivity contribution in [2.24, 2.45) is 0 Å². The Hall–Kier alpha value is -2.17. The molecule has 1 aliphatic heterocycles. The average Bonchev–Trinajstić information content (AvgIpc) is 3.03. The van der Waals surface area contributed by atoms with Crippen molar-refractivity contribution in [3.63, 3.8) is 0 Å². The number of hydrogen-bond donors (Lipinski definition) is 4. The number of rotatable bonds is 7. The zero-order valence-electron chi connectivity index (χ0n) is 16.7. The van der Waals surface area contributed by atoms with E-state index in [-0.39, 0.29) is 5.88 Å². The van der Waals surface area contributed by atoms with E-state index in [4.69, 9.17) is 14.2 Å². The largest absolute Gasteiger partial charge is 0.497 e. The van der Waals surface area contributed by atoms with E-state index in [1.165, 1.54) is 0 Å². The molecule has 0 amide bonds. The first-order valence-electron chi connectivity index (χ1n) is 9.56. The Kier molecular flexibility index (Phi) is 6.76. The molecule has 4 N–H and O–H groups in total. The number of nitrogens with zero attached hydrogens (tertiary/aromatic N) is 2. The van der Waals surface area contributed by atoms with Gasteiger partial charge in [-0.05, 0) is 31.5 Å². The zero-order chi connectivity index (χ0) is 21.1. The molecule has 2 heterocycles. The first-order valence-corrected chi connectivity index (χ1v) is 9.56. The van der Waals surface area contributed by atoms with E-state index in [1.54, 1.807) is 11.8 Å². The van der Waals surface area contributed by atoms with Crippen LogP contribution in [0.4, 0.5) is 0 Å². The van der Waals surface area contributed by atoms with Crippen LogP contribution in [0.5, 0.6) is 11.6 Å². The van der Waals surface area contributed by atoms with Gasteiger partial charge in [-0.2, -0.15) is 0 Å². The van der Waals surface area contributed by atoms with E-state index in [1.807, 2.05) is 38.1 Å². The summed E-state index contributed by atoms with van der Waals surface area (Å²) in [6, 6.07) is 7.62. The molecule has 1 fully saturated rings. The van der Waals surface area contributed by atoms with Crippen LogP contribution >= 0.6 is 0 Å². The Bertz CT molecular complexity index is 806. The van der Waals surface area contributed by atoms with Crippen LogP contribution in [0.25, 0.3) is 0 Å². The van der Waals surface area contributed by atoms with Crippen molar-refractivity contribution in [3.05, 3.63) is 41.1 Å². The second-order valence-corrected chi connectivity index (χ2v) is 7.02. The molecule has 1 aromatic carbocycles. The van der Waals surface area contributed by atoms with Gasteiger partial charge in [-0.3, -0.25) is 4.68 Å². The highest BCUT2D eigenvalue weighted by Gasteiger charge is 2.45. The van der Waals surface area contributed by atoms with Crippen molar-refractivity contribution in [1.82, 2.24) is 9.78 Å². The molecule has 160 valence electrons. The molecule has 0 spiro atoms. The van der Waals surface area contributed by atoms with Crippen molar-refractivity contribution >= 4 is 0 Å². The van der Waals surface area contributed by atoms with Gasteiger partial charge in [-0.15, -0.1) is 5.10 Å². The van der Waals surface area contributed by atoms with Gasteiger partial charge in [0.2, 0.25) is 12.2 Å². The molecule has 1 aromatic heterocycles. The fourth-order valence-corrected chi connectivity index (χ4v) is 3.38. The normalized spacial score (nSPS) is 27.1. The molecule has 29 heavy (non-hydrogen) atoms. The maximum Gasteiger partial charge on any atom is 0.239 e. The predicted molar refractivity (Wildman–Crippen MR) is 103 cm³/mol. The number of aryl methyl sites for hydroxylation is 1. The molecule has 0 saturated carbocycles. The minimum Gasteiger partial charge on any atom is -0.497 e. The Morgan fingerprint density at radius 3 is 2.38 bits per heavy atom. The highest BCUT2D eigenvalue weighted by molar-refractivity contribution is 5.38. The molecule has 0 aliphatic carbocycles. The molecular weight excluding hydrogens is 380 g/mol. The second-order valence-electron chi connectivity index (χ2n) is 7.02. The first-order chi connectivity index (χ1) is 13.9. The van der Waals surface area contributed by atoms with E-state index < -0.39 is 37.3 Å². The van der Waals surface area contributed by atoms with Crippen LogP contribution in [0.2, 0.25) is 0 Å². The lowest BCUT2D eigenvalue weighted by Gasteiger charge is -2.39. The maximum atomic E-state index is 10.3. The van der Waals surface area contributed by atoms with Gasteiger partial charge < -0.3 is 34.6 Å². The van der Waals surface area contributed by atoms with Crippen LogP contribution in [0.3, 0.4) is 0 Å². The summed E-state index contributed by atoms with van der Waals surface area (Å²) < 4.78 is 18.2. The lowest BCUT2D eigenvalue weighted by atomic mass is 9.99. The van der Waals surface area contributed by atoms with Gasteiger partial charge >= 0.3 is 0 Å². The molecule has 3 rings (SSSR count). The Morgan fingerprint density at radius 1 is 1.10 bits per heavy atom. The van der Waals surface area contributed by atoms with E-state index in [0.717, 1.165) is 22.6 Å². The van der Waals surface area contributed by atoms with Crippen molar-refractivity contribution in [2.45, 2.75) is 57.5 Å². The summed E-state index contributed by atoms with van der Waals surface area (Å²) in [5, 5.41) is 44.0. The maximum absolute atomic E-state index is 10.3. The highest BCUT2D eigenvalue weighted by Crippen LogP contribution is 2.29. The topological polar surface area (TPSA) is 126 Å². The van der Waals surface area contributed by atoms with Gasteiger partial charge in [0, 0.05) is 24.2 Å². The summed E-state index contributed by atoms with van der Waals surface area (Å²) in [5.74, 6) is 1.03. The van der Waals surface area contributed by atoms with Crippen molar-refractivity contribution < 1.29 is 34.6 Å². The predicted octanol–water partition coefficient (Wildman–Crippen LogP) is -0.0105. The molecule has 0 unspecified atom stereocenters. The third-order valence-corrected chi connectivity index (χ3v) is 5.21. The van der Waals surface area contributed by atoms with Gasteiger partial charge in [0.1, 0.15) is 30.2 Å². The number of benzene rings is 1. The fraction of sp³-hybridized carbons (Fsp3) is 0.550. The van der Waals surface area contributed by atoms with Crippen LogP contribution in [0, 0.1) is 6.92 Å². The third-order valence-electron chi connectivity index (χ3n) is 5.21.